The molecule has 0 amide bonds. The number of carboxylic acid groups (broad SMARTS) is 2. The molecule has 4 heteroatoms. The van der Waals surface area contributed by atoms with Gasteiger partial charge in [0.1, 0.15) is 0 Å². The van der Waals surface area contributed by atoms with Crippen LogP contribution in [0, 0.1) is 0 Å². The van der Waals surface area contributed by atoms with Crippen molar-refractivity contribution < 1.29 is 19.8 Å². The molecule has 0 atom stereocenters. The minimum atomic E-state index is -0.839. The minimum absolute atomic E-state index is 0.170. The minimum Gasteiger partial charge on any atom is -0.481 e. The van der Waals surface area contributed by atoms with Crippen LogP contribution in [0.4, 0.5) is 0 Å². The molecule has 110 valence electrons. The Bertz CT molecular complexity index is 295. The standard InChI is InChI=1S/C15H26O4/c1-2-3-4-5-7-10-13(15(18)19)11-8-6-9-12-14(16)17/h10H,2-9,11-12H2,1H3,(H,16,17)(H,18,19). The van der Waals surface area contributed by atoms with Gasteiger partial charge < -0.3 is 10.2 Å². The van der Waals surface area contributed by atoms with Crippen molar-refractivity contribution in [1.82, 2.24) is 0 Å². The highest BCUT2D eigenvalue weighted by Crippen LogP contribution is 2.13. The lowest BCUT2D eigenvalue weighted by Crippen LogP contribution is -2.01. The van der Waals surface area contributed by atoms with Gasteiger partial charge in [-0.1, -0.05) is 38.7 Å². The fraction of sp³-hybridized carbons (Fsp3) is 0.733. The second kappa shape index (κ2) is 11.8. The average Bonchev–Trinajstić information content (AvgIpc) is 2.35. The normalized spacial score (nSPS) is 11.5. The molecule has 0 bridgehead atoms. The maximum atomic E-state index is 11.0. The molecule has 0 aromatic heterocycles. The molecule has 0 saturated heterocycles. The Kier molecular flexibility index (Phi) is 10.9. The number of unbranched alkanes of at least 4 members (excludes halogenated alkanes) is 6. The summed E-state index contributed by atoms with van der Waals surface area (Å²) in [4.78, 5) is 21.4. The number of hydrogen-bond donors (Lipinski definition) is 2. The summed E-state index contributed by atoms with van der Waals surface area (Å²) in [5.74, 6) is -1.63. The van der Waals surface area contributed by atoms with Crippen molar-refractivity contribution in [2.45, 2.75) is 71.1 Å². The summed E-state index contributed by atoms with van der Waals surface area (Å²) in [6.07, 6.45) is 10.1. The van der Waals surface area contributed by atoms with E-state index in [0.29, 0.717) is 18.4 Å². The Morgan fingerprint density at radius 2 is 1.53 bits per heavy atom. The Morgan fingerprint density at radius 1 is 0.895 bits per heavy atom. The maximum Gasteiger partial charge on any atom is 0.331 e. The number of rotatable bonds is 12. The first-order valence-corrected chi connectivity index (χ1v) is 7.22. The summed E-state index contributed by atoms with van der Waals surface area (Å²) < 4.78 is 0. The maximum absolute atomic E-state index is 11.0. The summed E-state index contributed by atoms with van der Waals surface area (Å²) in [5, 5.41) is 17.6. The zero-order valence-corrected chi connectivity index (χ0v) is 11.9. The number of carbonyl (C=O) groups is 2. The SMILES string of the molecule is CCCCCCC=C(CCCCCC(=O)O)C(=O)O. The molecular formula is C15H26O4. The molecule has 0 rings (SSSR count). The predicted octanol–water partition coefficient (Wildman–Crippen LogP) is 4.00. The van der Waals surface area contributed by atoms with Gasteiger partial charge in [-0.05, 0) is 32.1 Å². The van der Waals surface area contributed by atoms with E-state index in [1.165, 1.54) is 12.8 Å². The molecule has 2 N–H and O–H groups in total. The quantitative estimate of drug-likeness (QED) is 0.415. The van der Waals surface area contributed by atoms with Crippen LogP contribution in [0.1, 0.15) is 71.1 Å². The second-order valence-electron chi connectivity index (χ2n) is 4.84. The van der Waals surface area contributed by atoms with Crippen LogP contribution in [0.3, 0.4) is 0 Å². The molecule has 0 fully saturated rings. The van der Waals surface area contributed by atoms with E-state index in [9.17, 15) is 9.59 Å². The average molecular weight is 270 g/mol. The highest BCUT2D eigenvalue weighted by Gasteiger charge is 2.06. The molecule has 0 aliphatic rings. The van der Waals surface area contributed by atoms with Crippen LogP contribution in [0.15, 0.2) is 11.6 Å². The van der Waals surface area contributed by atoms with Gasteiger partial charge in [-0.2, -0.15) is 0 Å². The highest BCUT2D eigenvalue weighted by molar-refractivity contribution is 5.86. The fourth-order valence-corrected chi connectivity index (χ4v) is 1.91. The molecule has 0 aromatic rings. The van der Waals surface area contributed by atoms with Crippen LogP contribution in [0.2, 0.25) is 0 Å². The lowest BCUT2D eigenvalue weighted by molar-refractivity contribution is -0.137. The number of hydrogen-bond acceptors (Lipinski definition) is 2. The molecule has 0 heterocycles. The van der Waals surface area contributed by atoms with Crippen LogP contribution in [0.25, 0.3) is 0 Å². The van der Waals surface area contributed by atoms with Gasteiger partial charge in [0.15, 0.2) is 0 Å². The van der Waals surface area contributed by atoms with Crippen LogP contribution in [-0.4, -0.2) is 22.2 Å². The topological polar surface area (TPSA) is 74.6 Å². The Balaban J connectivity index is 3.82. The van der Waals surface area contributed by atoms with Crippen LogP contribution in [-0.2, 0) is 9.59 Å². The Hall–Kier alpha value is -1.32. The van der Waals surface area contributed by atoms with E-state index in [1.807, 2.05) is 6.08 Å². The lowest BCUT2D eigenvalue weighted by Gasteiger charge is -2.03. The van der Waals surface area contributed by atoms with E-state index in [0.717, 1.165) is 32.1 Å². The van der Waals surface area contributed by atoms with Gasteiger partial charge in [-0.25, -0.2) is 4.79 Å². The molecule has 0 aliphatic carbocycles. The van der Waals surface area contributed by atoms with Crippen molar-refractivity contribution in [3.05, 3.63) is 11.6 Å². The largest absolute Gasteiger partial charge is 0.481 e. The third-order valence-electron chi connectivity index (χ3n) is 3.06. The summed E-state index contributed by atoms with van der Waals surface area (Å²) >= 11 is 0. The molecule has 0 radical (unpaired) electrons. The van der Waals surface area contributed by atoms with Gasteiger partial charge in [0, 0.05) is 12.0 Å². The van der Waals surface area contributed by atoms with Crippen LogP contribution in [0.5, 0.6) is 0 Å². The van der Waals surface area contributed by atoms with Crippen LogP contribution >= 0.6 is 0 Å². The third-order valence-corrected chi connectivity index (χ3v) is 3.06. The summed E-state index contributed by atoms with van der Waals surface area (Å²) in [6.45, 7) is 2.15. The number of aliphatic carboxylic acids is 2. The second-order valence-corrected chi connectivity index (χ2v) is 4.84. The van der Waals surface area contributed by atoms with Gasteiger partial charge in [0.25, 0.3) is 0 Å². The first kappa shape index (κ1) is 17.7. The zero-order chi connectivity index (χ0) is 14.5. The van der Waals surface area contributed by atoms with Crippen molar-refractivity contribution in [2.24, 2.45) is 0 Å². The van der Waals surface area contributed by atoms with Crippen molar-refractivity contribution in [2.75, 3.05) is 0 Å². The molecule has 0 aromatic carbocycles. The number of allylic oxidation sites excluding steroid dienone is 1. The van der Waals surface area contributed by atoms with Gasteiger partial charge in [-0.3, -0.25) is 4.79 Å². The monoisotopic (exact) mass is 270 g/mol. The van der Waals surface area contributed by atoms with E-state index in [4.69, 9.17) is 10.2 Å². The van der Waals surface area contributed by atoms with E-state index in [1.54, 1.807) is 0 Å². The lowest BCUT2D eigenvalue weighted by atomic mass is 10.0. The molecule has 4 nitrogen and oxygen atoms in total. The molecular weight excluding hydrogens is 244 g/mol. The van der Waals surface area contributed by atoms with Crippen molar-refractivity contribution >= 4 is 11.9 Å². The smallest absolute Gasteiger partial charge is 0.331 e. The van der Waals surface area contributed by atoms with Crippen molar-refractivity contribution in [1.29, 1.82) is 0 Å². The van der Waals surface area contributed by atoms with E-state index >= 15 is 0 Å². The Labute approximate surface area is 115 Å². The van der Waals surface area contributed by atoms with Gasteiger partial charge in [0.2, 0.25) is 0 Å². The summed E-state index contributed by atoms with van der Waals surface area (Å²) in [7, 11) is 0. The van der Waals surface area contributed by atoms with Gasteiger partial charge >= 0.3 is 11.9 Å². The van der Waals surface area contributed by atoms with Gasteiger partial charge in [-0.15, -0.1) is 0 Å². The van der Waals surface area contributed by atoms with E-state index in [-0.39, 0.29) is 6.42 Å². The number of carboxylic acids is 2. The third kappa shape index (κ3) is 11.5. The van der Waals surface area contributed by atoms with Crippen LogP contribution < -0.4 is 0 Å². The first-order chi connectivity index (χ1) is 9.07. The molecule has 19 heavy (non-hydrogen) atoms. The van der Waals surface area contributed by atoms with Crippen molar-refractivity contribution in [3.63, 3.8) is 0 Å². The zero-order valence-electron chi connectivity index (χ0n) is 11.9. The van der Waals surface area contributed by atoms with E-state index < -0.39 is 11.9 Å². The summed E-state index contributed by atoms with van der Waals surface area (Å²) in [6, 6.07) is 0. The molecule has 0 saturated carbocycles. The molecule has 0 unspecified atom stereocenters. The fourth-order valence-electron chi connectivity index (χ4n) is 1.91. The summed E-state index contributed by atoms with van der Waals surface area (Å²) in [5.41, 5.74) is 0.479. The first-order valence-electron chi connectivity index (χ1n) is 7.22. The van der Waals surface area contributed by atoms with Gasteiger partial charge in [0.05, 0.1) is 0 Å². The van der Waals surface area contributed by atoms with Crippen molar-refractivity contribution in [3.8, 4) is 0 Å². The predicted molar refractivity (Wildman–Crippen MR) is 75.2 cm³/mol. The van der Waals surface area contributed by atoms with E-state index in [2.05, 4.69) is 6.92 Å². The molecule has 0 spiro atoms. The highest BCUT2D eigenvalue weighted by atomic mass is 16.4. The Morgan fingerprint density at radius 3 is 2.11 bits per heavy atom. The molecule has 0 aliphatic heterocycles.